The first-order valence-electron chi connectivity index (χ1n) is 6.74. The molecule has 0 atom stereocenters. The summed E-state index contributed by atoms with van der Waals surface area (Å²) in [5, 5.41) is 7.72. The standard InChI is InChI=1S/C15H16FN5/c1-10-7-14(18-6-5-17)21-15(19-10)9-13(20-21)11-3-2-4-12(16)8-11/h2-4,7-9,18H,5-6,17H2,1H3. The third kappa shape index (κ3) is 2.71. The van der Waals surface area contributed by atoms with Crippen LogP contribution in [0.3, 0.4) is 0 Å². The van der Waals surface area contributed by atoms with E-state index < -0.39 is 0 Å². The molecule has 3 aromatic rings. The average Bonchev–Trinajstić information content (AvgIpc) is 2.88. The average molecular weight is 285 g/mol. The van der Waals surface area contributed by atoms with Crippen LogP contribution in [-0.2, 0) is 0 Å². The molecule has 0 fully saturated rings. The van der Waals surface area contributed by atoms with Crippen molar-refractivity contribution in [3.8, 4) is 11.3 Å². The van der Waals surface area contributed by atoms with E-state index in [0.29, 0.717) is 24.4 Å². The van der Waals surface area contributed by atoms with Gasteiger partial charge in [0, 0.05) is 36.5 Å². The number of aromatic nitrogens is 3. The van der Waals surface area contributed by atoms with Crippen LogP contribution in [0.5, 0.6) is 0 Å². The van der Waals surface area contributed by atoms with Gasteiger partial charge in [0.1, 0.15) is 11.6 Å². The van der Waals surface area contributed by atoms with Gasteiger partial charge in [-0.25, -0.2) is 9.37 Å². The molecule has 0 saturated heterocycles. The lowest BCUT2D eigenvalue weighted by Gasteiger charge is -2.07. The van der Waals surface area contributed by atoms with Crippen molar-refractivity contribution in [2.75, 3.05) is 18.4 Å². The highest BCUT2D eigenvalue weighted by molar-refractivity contribution is 5.65. The van der Waals surface area contributed by atoms with Gasteiger partial charge in [-0.3, -0.25) is 0 Å². The van der Waals surface area contributed by atoms with Crippen LogP contribution in [0.2, 0.25) is 0 Å². The van der Waals surface area contributed by atoms with Crippen molar-refractivity contribution >= 4 is 11.5 Å². The zero-order valence-electron chi connectivity index (χ0n) is 11.7. The van der Waals surface area contributed by atoms with Gasteiger partial charge in [0.25, 0.3) is 0 Å². The van der Waals surface area contributed by atoms with Crippen molar-refractivity contribution in [3.05, 3.63) is 47.9 Å². The van der Waals surface area contributed by atoms with Crippen LogP contribution in [0, 0.1) is 12.7 Å². The molecule has 5 nitrogen and oxygen atoms in total. The van der Waals surface area contributed by atoms with Crippen molar-refractivity contribution in [1.29, 1.82) is 0 Å². The smallest absolute Gasteiger partial charge is 0.158 e. The topological polar surface area (TPSA) is 68.2 Å². The number of rotatable bonds is 4. The second-order valence-corrected chi connectivity index (χ2v) is 4.81. The molecule has 3 rings (SSSR count). The Hall–Kier alpha value is -2.47. The number of hydrogen-bond donors (Lipinski definition) is 2. The van der Waals surface area contributed by atoms with Crippen molar-refractivity contribution in [2.24, 2.45) is 5.73 Å². The SMILES string of the molecule is Cc1cc(NCCN)n2nc(-c3cccc(F)c3)cc2n1. The van der Waals surface area contributed by atoms with Crippen LogP contribution in [0.15, 0.2) is 36.4 Å². The number of nitrogens with one attached hydrogen (secondary N) is 1. The zero-order valence-corrected chi connectivity index (χ0v) is 11.7. The maximum atomic E-state index is 13.3. The Morgan fingerprint density at radius 1 is 1.29 bits per heavy atom. The molecule has 0 radical (unpaired) electrons. The Labute approximate surface area is 121 Å². The molecule has 0 aliphatic heterocycles. The van der Waals surface area contributed by atoms with Gasteiger partial charge in [-0.15, -0.1) is 0 Å². The van der Waals surface area contributed by atoms with Crippen LogP contribution < -0.4 is 11.1 Å². The van der Waals surface area contributed by atoms with Crippen molar-refractivity contribution in [3.63, 3.8) is 0 Å². The maximum absolute atomic E-state index is 13.3. The minimum absolute atomic E-state index is 0.282. The minimum Gasteiger partial charge on any atom is -0.369 e. The number of fused-ring (bicyclic) bond motifs is 1. The van der Waals surface area contributed by atoms with Crippen LogP contribution in [-0.4, -0.2) is 27.7 Å². The summed E-state index contributed by atoms with van der Waals surface area (Å²) in [5.74, 6) is 0.542. The van der Waals surface area contributed by atoms with Gasteiger partial charge >= 0.3 is 0 Å². The molecule has 1 aromatic carbocycles. The summed E-state index contributed by atoms with van der Waals surface area (Å²) in [6.07, 6.45) is 0. The van der Waals surface area contributed by atoms with Gasteiger partial charge < -0.3 is 11.1 Å². The van der Waals surface area contributed by atoms with Crippen molar-refractivity contribution < 1.29 is 4.39 Å². The third-order valence-electron chi connectivity index (χ3n) is 3.13. The van der Waals surface area contributed by atoms with E-state index in [9.17, 15) is 4.39 Å². The fourth-order valence-electron chi connectivity index (χ4n) is 2.22. The zero-order chi connectivity index (χ0) is 14.8. The first-order chi connectivity index (χ1) is 10.2. The molecule has 21 heavy (non-hydrogen) atoms. The Morgan fingerprint density at radius 2 is 2.14 bits per heavy atom. The van der Waals surface area contributed by atoms with Gasteiger partial charge in [0.2, 0.25) is 0 Å². The van der Waals surface area contributed by atoms with Crippen molar-refractivity contribution in [2.45, 2.75) is 6.92 Å². The van der Waals surface area contributed by atoms with E-state index in [1.54, 1.807) is 10.6 Å². The number of hydrogen-bond acceptors (Lipinski definition) is 4. The van der Waals surface area contributed by atoms with Crippen LogP contribution in [0.4, 0.5) is 10.2 Å². The summed E-state index contributed by atoms with van der Waals surface area (Å²) in [7, 11) is 0. The van der Waals surface area contributed by atoms with E-state index in [1.807, 2.05) is 25.1 Å². The van der Waals surface area contributed by atoms with Crippen LogP contribution in [0.1, 0.15) is 5.69 Å². The quantitative estimate of drug-likeness (QED) is 0.771. The van der Waals surface area contributed by atoms with Gasteiger partial charge in [-0.2, -0.15) is 9.61 Å². The molecule has 0 unspecified atom stereocenters. The Morgan fingerprint density at radius 3 is 2.90 bits per heavy atom. The summed E-state index contributed by atoms with van der Waals surface area (Å²) in [4.78, 5) is 4.45. The lowest BCUT2D eigenvalue weighted by molar-refractivity contribution is 0.628. The lowest BCUT2D eigenvalue weighted by atomic mass is 10.1. The number of anilines is 1. The summed E-state index contributed by atoms with van der Waals surface area (Å²) in [6.45, 7) is 3.09. The number of nitrogens with zero attached hydrogens (tertiary/aromatic N) is 3. The van der Waals surface area contributed by atoms with Crippen LogP contribution >= 0.6 is 0 Å². The summed E-state index contributed by atoms with van der Waals surface area (Å²) in [5.41, 5.74) is 8.53. The number of aryl methyl sites for hydroxylation is 1. The molecular weight excluding hydrogens is 269 g/mol. The first kappa shape index (κ1) is 13.5. The molecule has 0 spiro atoms. The largest absolute Gasteiger partial charge is 0.369 e. The summed E-state index contributed by atoms with van der Waals surface area (Å²) >= 11 is 0. The Bertz CT molecular complexity index is 781. The van der Waals surface area contributed by atoms with Gasteiger partial charge in [-0.05, 0) is 19.1 Å². The lowest BCUT2D eigenvalue weighted by Crippen LogP contribution is -2.15. The van der Waals surface area contributed by atoms with E-state index in [0.717, 1.165) is 17.1 Å². The predicted molar refractivity (Wildman–Crippen MR) is 80.7 cm³/mol. The van der Waals surface area contributed by atoms with Crippen molar-refractivity contribution in [1.82, 2.24) is 14.6 Å². The molecular formula is C15H16FN5. The fourth-order valence-corrected chi connectivity index (χ4v) is 2.22. The van der Waals surface area contributed by atoms with E-state index in [-0.39, 0.29) is 5.82 Å². The normalized spacial score (nSPS) is 11.0. The van der Waals surface area contributed by atoms with Gasteiger partial charge in [-0.1, -0.05) is 12.1 Å². The molecule has 0 bridgehead atoms. The van der Waals surface area contributed by atoms with Crippen LogP contribution in [0.25, 0.3) is 16.9 Å². The number of nitrogens with two attached hydrogens (primary N) is 1. The summed E-state index contributed by atoms with van der Waals surface area (Å²) < 4.78 is 15.1. The molecule has 0 amide bonds. The van der Waals surface area contributed by atoms with E-state index in [1.165, 1.54) is 12.1 Å². The fraction of sp³-hybridized carbons (Fsp3) is 0.200. The molecule has 108 valence electrons. The highest BCUT2D eigenvalue weighted by Gasteiger charge is 2.10. The molecule has 2 heterocycles. The molecule has 2 aromatic heterocycles. The number of halogens is 1. The third-order valence-corrected chi connectivity index (χ3v) is 3.13. The molecule has 3 N–H and O–H groups in total. The Kier molecular flexibility index (Phi) is 3.53. The van der Waals surface area contributed by atoms with Gasteiger partial charge in [0.05, 0.1) is 5.69 Å². The minimum atomic E-state index is -0.282. The second kappa shape index (κ2) is 5.49. The summed E-state index contributed by atoms with van der Waals surface area (Å²) in [6, 6.07) is 10.1. The highest BCUT2D eigenvalue weighted by Crippen LogP contribution is 2.22. The molecule has 0 aliphatic rings. The van der Waals surface area contributed by atoms with E-state index >= 15 is 0 Å². The number of benzene rings is 1. The maximum Gasteiger partial charge on any atom is 0.158 e. The van der Waals surface area contributed by atoms with E-state index in [4.69, 9.17) is 5.73 Å². The molecule has 0 aliphatic carbocycles. The highest BCUT2D eigenvalue weighted by atomic mass is 19.1. The predicted octanol–water partition coefficient (Wildman–Crippen LogP) is 2.21. The van der Waals surface area contributed by atoms with E-state index in [2.05, 4.69) is 15.4 Å². The Balaban J connectivity index is 2.10. The van der Waals surface area contributed by atoms with Gasteiger partial charge in [0.15, 0.2) is 5.65 Å². The molecule has 0 saturated carbocycles. The first-order valence-corrected chi connectivity index (χ1v) is 6.74. The second-order valence-electron chi connectivity index (χ2n) is 4.81. The molecule has 6 heteroatoms. The monoisotopic (exact) mass is 285 g/mol.